The summed E-state index contributed by atoms with van der Waals surface area (Å²) in [6, 6.07) is 8.44. The summed E-state index contributed by atoms with van der Waals surface area (Å²) in [6.45, 7) is 4.43. The topological polar surface area (TPSA) is 29.3 Å². The lowest BCUT2D eigenvalue weighted by atomic mass is 10.1. The zero-order valence-electron chi connectivity index (χ0n) is 9.40. The number of nitrogens with zero attached hydrogens (tertiary/aromatic N) is 1. The minimum Gasteiger partial charge on any atom is -0.328 e. The van der Waals surface area contributed by atoms with Gasteiger partial charge in [0.1, 0.15) is 0 Å². The predicted octanol–water partition coefficient (Wildman–Crippen LogP) is 2.47. The molecule has 0 aliphatic carbocycles. The fourth-order valence-corrected chi connectivity index (χ4v) is 2.21. The van der Waals surface area contributed by atoms with Crippen LogP contribution in [-0.2, 0) is 6.42 Å². The van der Waals surface area contributed by atoms with Gasteiger partial charge in [0.05, 0.1) is 0 Å². The Balaban J connectivity index is 1.79. The van der Waals surface area contributed by atoms with Gasteiger partial charge in [-0.15, -0.1) is 0 Å². The molecule has 0 aromatic heterocycles. The number of benzene rings is 1. The largest absolute Gasteiger partial charge is 0.328 e. The van der Waals surface area contributed by atoms with E-state index in [1.54, 1.807) is 0 Å². The van der Waals surface area contributed by atoms with Crippen LogP contribution in [0.1, 0.15) is 18.4 Å². The molecule has 1 aromatic carbocycles. The fraction of sp³-hybridized carbons (Fsp3) is 0.462. The molecule has 1 fully saturated rings. The van der Waals surface area contributed by atoms with Crippen molar-refractivity contribution in [3.63, 3.8) is 0 Å². The highest BCUT2D eigenvalue weighted by Crippen LogP contribution is 2.15. The van der Waals surface area contributed by atoms with Crippen LogP contribution in [0.25, 0.3) is 0 Å². The van der Waals surface area contributed by atoms with Gasteiger partial charge in [-0.25, -0.2) is 0 Å². The van der Waals surface area contributed by atoms with Gasteiger partial charge in [-0.05, 0) is 50.0 Å². The Morgan fingerprint density at radius 1 is 1.38 bits per heavy atom. The van der Waals surface area contributed by atoms with E-state index in [0.717, 1.165) is 37.4 Å². The third-order valence-corrected chi connectivity index (χ3v) is 3.28. The molecule has 0 bridgehead atoms. The van der Waals surface area contributed by atoms with E-state index in [4.69, 9.17) is 17.3 Å². The van der Waals surface area contributed by atoms with Gasteiger partial charge >= 0.3 is 0 Å². The molecule has 1 aliphatic heterocycles. The summed E-state index contributed by atoms with van der Waals surface area (Å²) in [6.07, 6.45) is 3.16. The molecule has 87 valence electrons. The van der Waals surface area contributed by atoms with E-state index < -0.39 is 0 Å². The second-order valence-corrected chi connectivity index (χ2v) is 4.83. The molecule has 0 amide bonds. The highest BCUT2D eigenvalue weighted by Gasteiger charge is 2.15. The van der Waals surface area contributed by atoms with E-state index in [-0.39, 0.29) is 0 Å². The summed E-state index contributed by atoms with van der Waals surface area (Å²) in [5.74, 6) is 0. The molecule has 3 heteroatoms. The first kappa shape index (κ1) is 11.9. The molecule has 1 radical (unpaired) electrons. The lowest BCUT2D eigenvalue weighted by Gasteiger charge is -2.29. The van der Waals surface area contributed by atoms with Crippen molar-refractivity contribution in [2.24, 2.45) is 5.73 Å². The van der Waals surface area contributed by atoms with Crippen LogP contribution in [0.2, 0.25) is 5.02 Å². The maximum Gasteiger partial charge on any atom is 0.0408 e. The van der Waals surface area contributed by atoms with E-state index in [2.05, 4.69) is 17.5 Å². The summed E-state index contributed by atoms with van der Waals surface area (Å²) in [5.41, 5.74) is 7.13. The highest BCUT2D eigenvalue weighted by atomic mass is 35.5. The van der Waals surface area contributed by atoms with Gasteiger partial charge in [-0.3, -0.25) is 4.90 Å². The van der Waals surface area contributed by atoms with E-state index in [0.29, 0.717) is 6.04 Å². The van der Waals surface area contributed by atoms with Crippen LogP contribution in [-0.4, -0.2) is 24.0 Å². The van der Waals surface area contributed by atoms with Crippen LogP contribution in [0.15, 0.2) is 24.3 Å². The maximum atomic E-state index is 5.94. The molecule has 2 N–H and O–H groups in total. The van der Waals surface area contributed by atoms with Gasteiger partial charge < -0.3 is 5.73 Å². The van der Waals surface area contributed by atoms with Crippen molar-refractivity contribution in [2.75, 3.05) is 13.1 Å². The monoisotopic (exact) mass is 237 g/mol. The normalized spacial score (nSPS) is 18.9. The molecule has 1 aromatic rings. The Bertz CT molecular complexity index is 332. The number of halogens is 1. The number of hydrogen-bond donors (Lipinski definition) is 1. The van der Waals surface area contributed by atoms with Crippen molar-refractivity contribution >= 4 is 11.6 Å². The lowest BCUT2D eigenvalue weighted by molar-refractivity contribution is 0.253. The number of nitrogens with two attached hydrogens (primary N) is 1. The second-order valence-electron chi connectivity index (χ2n) is 4.39. The van der Waals surface area contributed by atoms with Gasteiger partial charge in [0.25, 0.3) is 0 Å². The SMILES string of the molecule is NC1CCN([CH]Cc2cccc(Cl)c2)CC1. The second kappa shape index (κ2) is 5.67. The number of rotatable bonds is 3. The van der Waals surface area contributed by atoms with Crippen LogP contribution in [0.5, 0.6) is 0 Å². The molecular weight excluding hydrogens is 220 g/mol. The number of piperidine rings is 1. The van der Waals surface area contributed by atoms with Crippen molar-refractivity contribution in [2.45, 2.75) is 25.3 Å². The summed E-state index contributed by atoms with van der Waals surface area (Å²) in [5, 5.41) is 0.812. The molecule has 1 saturated heterocycles. The fourth-order valence-electron chi connectivity index (χ4n) is 2.00. The average Bonchev–Trinajstić information content (AvgIpc) is 2.28. The third kappa shape index (κ3) is 3.48. The van der Waals surface area contributed by atoms with Gasteiger partial charge in [0.2, 0.25) is 0 Å². The Hall–Kier alpha value is -0.570. The lowest BCUT2D eigenvalue weighted by Crippen LogP contribution is -2.38. The first-order valence-corrected chi connectivity index (χ1v) is 6.19. The average molecular weight is 238 g/mol. The molecule has 1 heterocycles. The van der Waals surface area contributed by atoms with Crippen LogP contribution < -0.4 is 5.73 Å². The Morgan fingerprint density at radius 2 is 2.12 bits per heavy atom. The number of hydrogen-bond acceptors (Lipinski definition) is 2. The Kier molecular flexibility index (Phi) is 4.22. The summed E-state index contributed by atoms with van der Waals surface area (Å²) in [7, 11) is 0. The third-order valence-electron chi connectivity index (χ3n) is 3.05. The molecule has 0 saturated carbocycles. The Labute approximate surface area is 102 Å². The predicted molar refractivity (Wildman–Crippen MR) is 68.2 cm³/mol. The molecule has 2 nitrogen and oxygen atoms in total. The summed E-state index contributed by atoms with van der Waals surface area (Å²) >= 11 is 5.94. The zero-order valence-corrected chi connectivity index (χ0v) is 10.2. The minimum atomic E-state index is 0.399. The molecular formula is C13H18ClN2. The van der Waals surface area contributed by atoms with Crippen molar-refractivity contribution in [3.05, 3.63) is 41.4 Å². The van der Waals surface area contributed by atoms with Crippen molar-refractivity contribution in [1.29, 1.82) is 0 Å². The van der Waals surface area contributed by atoms with Gasteiger partial charge in [0, 0.05) is 17.6 Å². The van der Waals surface area contributed by atoms with Gasteiger partial charge in [-0.2, -0.15) is 0 Å². The van der Waals surface area contributed by atoms with E-state index in [1.165, 1.54) is 5.56 Å². The van der Waals surface area contributed by atoms with E-state index in [9.17, 15) is 0 Å². The van der Waals surface area contributed by atoms with E-state index in [1.807, 2.05) is 18.2 Å². The van der Waals surface area contributed by atoms with Crippen LogP contribution in [0, 0.1) is 6.54 Å². The highest BCUT2D eigenvalue weighted by molar-refractivity contribution is 6.30. The zero-order chi connectivity index (χ0) is 11.4. The van der Waals surface area contributed by atoms with E-state index >= 15 is 0 Å². The van der Waals surface area contributed by atoms with Gasteiger partial charge in [-0.1, -0.05) is 23.7 Å². The summed E-state index contributed by atoms with van der Waals surface area (Å²) in [4.78, 5) is 2.37. The first-order valence-electron chi connectivity index (χ1n) is 5.81. The minimum absolute atomic E-state index is 0.399. The summed E-state index contributed by atoms with van der Waals surface area (Å²) < 4.78 is 0. The van der Waals surface area contributed by atoms with Crippen LogP contribution >= 0.6 is 11.6 Å². The van der Waals surface area contributed by atoms with Crippen LogP contribution in [0.3, 0.4) is 0 Å². The molecule has 0 spiro atoms. The standard InChI is InChI=1S/C13H18ClN2/c14-12-3-1-2-11(10-12)4-7-16-8-5-13(15)6-9-16/h1-3,7,10,13H,4-6,8-9,15H2. The molecule has 1 aliphatic rings. The molecule has 0 atom stereocenters. The van der Waals surface area contributed by atoms with Gasteiger partial charge in [0.15, 0.2) is 0 Å². The maximum absolute atomic E-state index is 5.94. The molecule has 2 rings (SSSR count). The van der Waals surface area contributed by atoms with Crippen molar-refractivity contribution in [1.82, 2.24) is 4.90 Å². The quantitative estimate of drug-likeness (QED) is 0.875. The molecule has 0 unspecified atom stereocenters. The smallest absolute Gasteiger partial charge is 0.0408 e. The van der Waals surface area contributed by atoms with Crippen molar-refractivity contribution in [3.8, 4) is 0 Å². The Morgan fingerprint density at radius 3 is 2.81 bits per heavy atom. The molecule has 16 heavy (non-hydrogen) atoms. The van der Waals surface area contributed by atoms with Crippen molar-refractivity contribution < 1.29 is 0 Å². The first-order chi connectivity index (χ1) is 7.74. The van der Waals surface area contributed by atoms with Crippen LogP contribution in [0.4, 0.5) is 0 Å². The number of likely N-dealkylation sites (tertiary alicyclic amines) is 1.